The van der Waals surface area contributed by atoms with E-state index in [1.165, 1.54) is 16.4 Å². The SMILES string of the molecule is CC(C)c1cccc(C(C)C)c1NC(=O)c1ccc(S(=O)(=O)N2CCCCC2)o1. The van der Waals surface area contributed by atoms with Gasteiger partial charge in [0.15, 0.2) is 5.76 Å². The van der Waals surface area contributed by atoms with E-state index in [0.717, 1.165) is 36.1 Å². The van der Waals surface area contributed by atoms with Crippen molar-refractivity contribution in [2.45, 2.75) is 63.9 Å². The number of rotatable bonds is 6. The zero-order valence-electron chi connectivity index (χ0n) is 17.6. The molecule has 1 aromatic carbocycles. The Morgan fingerprint density at radius 1 is 0.966 bits per heavy atom. The number of amides is 1. The van der Waals surface area contributed by atoms with Gasteiger partial charge in [0.25, 0.3) is 15.9 Å². The third-order valence-electron chi connectivity index (χ3n) is 5.33. The summed E-state index contributed by atoms with van der Waals surface area (Å²) in [5.74, 6) is 0.0141. The Morgan fingerprint density at radius 2 is 1.55 bits per heavy atom. The van der Waals surface area contributed by atoms with E-state index in [4.69, 9.17) is 4.42 Å². The molecule has 3 rings (SSSR count). The maximum absolute atomic E-state index is 12.9. The van der Waals surface area contributed by atoms with Crippen LogP contribution in [0.1, 0.15) is 80.5 Å². The number of piperidine rings is 1. The van der Waals surface area contributed by atoms with Crippen LogP contribution in [-0.4, -0.2) is 31.7 Å². The summed E-state index contributed by atoms with van der Waals surface area (Å²) < 4.78 is 32.5. The monoisotopic (exact) mass is 418 g/mol. The summed E-state index contributed by atoms with van der Waals surface area (Å²) in [6, 6.07) is 8.80. The molecule has 0 bridgehead atoms. The molecule has 1 N–H and O–H groups in total. The smallest absolute Gasteiger partial charge is 0.291 e. The summed E-state index contributed by atoms with van der Waals surface area (Å²) in [5, 5.41) is 2.79. The van der Waals surface area contributed by atoms with Crippen molar-refractivity contribution in [3.05, 3.63) is 47.2 Å². The zero-order chi connectivity index (χ0) is 21.2. The highest BCUT2D eigenvalue weighted by Crippen LogP contribution is 2.33. The highest BCUT2D eigenvalue weighted by Gasteiger charge is 2.30. The summed E-state index contributed by atoms with van der Waals surface area (Å²) in [5.41, 5.74) is 2.86. The van der Waals surface area contributed by atoms with Crippen molar-refractivity contribution in [1.82, 2.24) is 4.31 Å². The number of benzene rings is 1. The van der Waals surface area contributed by atoms with Gasteiger partial charge in [0, 0.05) is 18.8 Å². The molecule has 7 heteroatoms. The van der Waals surface area contributed by atoms with Crippen LogP contribution in [0.3, 0.4) is 0 Å². The molecule has 2 heterocycles. The molecule has 1 amide bonds. The number of hydrogen-bond donors (Lipinski definition) is 1. The third-order valence-corrected chi connectivity index (χ3v) is 7.10. The first-order valence-corrected chi connectivity index (χ1v) is 11.7. The second kappa shape index (κ2) is 8.71. The summed E-state index contributed by atoms with van der Waals surface area (Å²) in [6.45, 7) is 9.28. The average molecular weight is 419 g/mol. The predicted molar refractivity (Wildman–Crippen MR) is 114 cm³/mol. The molecular weight excluding hydrogens is 388 g/mol. The lowest BCUT2D eigenvalue weighted by atomic mass is 9.92. The minimum absolute atomic E-state index is 0.00569. The Morgan fingerprint density at radius 3 is 2.10 bits per heavy atom. The van der Waals surface area contributed by atoms with E-state index in [1.54, 1.807) is 0 Å². The Bertz CT molecular complexity index is 944. The molecule has 1 fully saturated rings. The summed E-state index contributed by atoms with van der Waals surface area (Å²) in [7, 11) is -3.70. The van der Waals surface area contributed by atoms with E-state index in [2.05, 4.69) is 33.0 Å². The highest BCUT2D eigenvalue weighted by atomic mass is 32.2. The highest BCUT2D eigenvalue weighted by molar-refractivity contribution is 7.89. The lowest BCUT2D eigenvalue weighted by molar-refractivity contribution is 0.0991. The van der Waals surface area contributed by atoms with Crippen molar-refractivity contribution < 1.29 is 17.6 Å². The van der Waals surface area contributed by atoms with Gasteiger partial charge in [-0.15, -0.1) is 0 Å². The van der Waals surface area contributed by atoms with Crippen molar-refractivity contribution in [2.24, 2.45) is 0 Å². The molecule has 1 aliphatic heterocycles. The van der Waals surface area contributed by atoms with Crippen LogP contribution in [0.2, 0.25) is 0 Å². The van der Waals surface area contributed by atoms with Crippen molar-refractivity contribution in [3.63, 3.8) is 0 Å². The van der Waals surface area contributed by atoms with E-state index in [9.17, 15) is 13.2 Å². The molecule has 0 radical (unpaired) electrons. The molecule has 29 heavy (non-hydrogen) atoms. The average Bonchev–Trinajstić information content (AvgIpc) is 3.19. The maximum Gasteiger partial charge on any atom is 0.291 e. The minimum Gasteiger partial charge on any atom is -0.438 e. The molecular formula is C22H30N2O4S. The second-order valence-electron chi connectivity index (χ2n) is 8.16. The number of hydrogen-bond acceptors (Lipinski definition) is 4. The third kappa shape index (κ3) is 4.56. The minimum atomic E-state index is -3.70. The van der Waals surface area contributed by atoms with Gasteiger partial charge < -0.3 is 9.73 Å². The number of sulfonamides is 1. The molecule has 0 unspecified atom stereocenters. The molecule has 1 aromatic heterocycles. The Kier molecular flexibility index (Phi) is 6.49. The van der Waals surface area contributed by atoms with Gasteiger partial charge in [0.2, 0.25) is 5.09 Å². The fourth-order valence-electron chi connectivity index (χ4n) is 3.68. The lowest BCUT2D eigenvalue weighted by Gasteiger charge is -2.24. The molecule has 1 saturated heterocycles. The van der Waals surface area contributed by atoms with Gasteiger partial charge in [-0.2, -0.15) is 4.31 Å². The van der Waals surface area contributed by atoms with Crippen molar-refractivity contribution >= 4 is 21.6 Å². The van der Waals surface area contributed by atoms with Gasteiger partial charge in [-0.1, -0.05) is 52.3 Å². The first-order chi connectivity index (χ1) is 13.7. The van der Waals surface area contributed by atoms with Crippen LogP contribution >= 0.6 is 0 Å². The van der Waals surface area contributed by atoms with Crippen LogP contribution in [0.15, 0.2) is 39.8 Å². The van der Waals surface area contributed by atoms with E-state index < -0.39 is 15.9 Å². The maximum atomic E-state index is 12.9. The van der Waals surface area contributed by atoms with Gasteiger partial charge in [0.05, 0.1) is 0 Å². The number of furan rings is 1. The lowest BCUT2D eigenvalue weighted by Crippen LogP contribution is -2.35. The van der Waals surface area contributed by atoms with Gasteiger partial charge in [-0.3, -0.25) is 4.79 Å². The largest absolute Gasteiger partial charge is 0.438 e. The summed E-state index contributed by atoms with van der Waals surface area (Å²) >= 11 is 0. The molecule has 158 valence electrons. The van der Waals surface area contributed by atoms with Crippen molar-refractivity contribution in [1.29, 1.82) is 0 Å². The quantitative estimate of drug-likeness (QED) is 0.719. The van der Waals surface area contributed by atoms with Crippen LogP contribution in [0.5, 0.6) is 0 Å². The van der Waals surface area contributed by atoms with E-state index in [0.29, 0.717) is 13.1 Å². The number of nitrogens with one attached hydrogen (secondary N) is 1. The fourth-order valence-corrected chi connectivity index (χ4v) is 5.11. The van der Waals surface area contributed by atoms with Gasteiger partial charge in [-0.25, -0.2) is 8.42 Å². The molecule has 1 aliphatic rings. The van der Waals surface area contributed by atoms with Crippen LogP contribution in [-0.2, 0) is 10.0 Å². The molecule has 0 atom stereocenters. The summed E-state index contributed by atoms with van der Waals surface area (Å²) in [4.78, 5) is 12.9. The topological polar surface area (TPSA) is 79.6 Å². The molecule has 2 aromatic rings. The zero-order valence-corrected chi connectivity index (χ0v) is 18.4. The van der Waals surface area contributed by atoms with Gasteiger partial charge in [0.1, 0.15) is 0 Å². The fraction of sp³-hybridized carbons (Fsp3) is 0.500. The number of carbonyl (C=O) groups excluding carboxylic acids is 1. The van der Waals surface area contributed by atoms with E-state index in [-0.39, 0.29) is 22.7 Å². The number of nitrogens with zero attached hydrogens (tertiary/aromatic N) is 1. The van der Waals surface area contributed by atoms with E-state index in [1.807, 2.05) is 18.2 Å². The Balaban J connectivity index is 1.86. The molecule has 0 spiro atoms. The normalized spacial score (nSPS) is 15.8. The number of para-hydroxylation sites is 1. The standard InChI is InChI=1S/C22H30N2O4S/c1-15(2)17-9-8-10-18(16(3)4)21(17)23-22(25)19-11-12-20(28-19)29(26,27)24-13-6-5-7-14-24/h8-12,15-16H,5-7,13-14H2,1-4H3,(H,23,25). The Labute approximate surface area is 173 Å². The first kappa shape index (κ1) is 21.6. The summed E-state index contributed by atoms with van der Waals surface area (Å²) in [6.07, 6.45) is 2.72. The predicted octanol–water partition coefficient (Wildman–Crippen LogP) is 4.95. The van der Waals surface area contributed by atoms with Crippen molar-refractivity contribution in [3.8, 4) is 0 Å². The second-order valence-corrected chi connectivity index (χ2v) is 10.0. The molecule has 6 nitrogen and oxygen atoms in total. The molecule has 0 saturated carbocycles. The van der Waals surface area contributed by atoms with Crippen LogP contribution in [0, 0.1) is 0 Å². The van der Waals surface area contributed by atoms with Crippen LogP contribution < -0.4 is 5.32 Å². The first-order valence-electron chi connectivity index (χ1n) is 10.3. The van der Waals surface area contributed by atoms with E-state index >= 15 is 0 Å². The van der Waals surface area contributed by atoms with Gasteiger partial charge >= 0.3 is 0 Å². The van der Waals surface area contributed by atoms with Crippen LogP contribution in [0.25, 0.3) is 0 Å². The Hall–Kier alpha value is -2.12. The van der Waals surface area contributed by atoms with Crippen molar-refractivity contribution in [2.75, 3.05) is 18.4 Å². The van der Waals surface area contributed by atoms with Gasteiger partial charge in [-0.05, 0) is 47.9 Å². The number of anilines is 1. The number of carbonyl (C=O) groups is 1. The molecule has 0 aliphatic carbocycles. The van der Waals surface area contributed by atoms with Crippen LogP contribution in [0.4, 0.5) is 5.69 Å².